The maximum absolute atomic E-state index is 11.7. The average molecular weight is 461 g/mol. The number of nitrogens with zero attached hydrogens (tertiary/aromatic N) is 2. The third kappa shape index (κ3) is 4.21. The summed E-state index contributed by atoms with van der Waals surface area (Å²) < 4.78 is 6.74. The van der Waals surface area contributed by atoms with Crippen molar-refractivity contribution in [2.24, 2.45) is 10.7 Å². The van der Waals surface area contributed by atoms with Gasteiger partial charge in [0.15, 0.2) is 5.17 Å². The van der Waals surface area contributed by atoms with E-state index in [-0.39, 0.29) is 11.1 Å². The molecule has 0 saturated heterocycles. The molecule has 2 N–H and O–H groups in total. The number of amides is 1. The number of ether oxygens (including phenoxy) is 1. The second kappa shape index (κ2) is 7.72. The van der Waals surface area contributed by atoms with E-state index in [1.165, 1.54) is 11.8 Å². The molecule has 0 atom stereocenters. The van der Waals surface area contributed by atoms with Gasteiger partial charge in [-0.25, -0.2) is 0 Å². The molecule has 2 aromatic carbocycles. The van der Waals surface area contributed by atoms with Crippen LogP contribution in [0.3, 0.4) is 0 Å². The Morgan fingerprint density at radius 2 is 2.12 bits per heavy atom. The molecule has 0 bridgehead atoms. The standard InChI is InChI=1S/C18H12IN3O2S/c19-14-7-11(8-16-17(23)22-18(21)25-16)5-6-15(14)24-10-13-4-2-1-3-12(13)9-20/h1-8H,10H2,(H2,21,22,23). The molecule has 0 spiro atoms. The number of benzene rings is 2. The van der Waals surface area contributed by atoms with Crippen molar-refractivity contribution in [3.8, 4) is 11.8 Å². The quantitative estimate of drug-likeness (QED) is 0.555. The van der Waals surface area contributed by atoms with E-state index in [2.05, 4.69) is 33.7 Å². The van der Waals surface area contributed by atoms with Crippen LogP contribution in [0.4, 0.5) is 0 Å². The summed E-state index contributed by atoms with van der Waals surface area (Å²) in [6.07, 6.45) is 1.76. The highest BCUT2D eigenvalue weighted by atomic mass is 127. The van der Waals surface area contributed by atoms with Crippen LogP contribution in [0.2, 0.25) is 0 Å². The minimum atomic E-state index is -0.314. The maximum Gasteiger partial charge on any atom is 0.286 e. The van der Waals surface area contributed by atoms with Gasteiger partial charge in [0, 0.05) is 5.56 Å². The topological polar surface area (TPSA) is 88.5 Å². The largest absolute Gasteiger partial charge is 0.488 e. The number of rotatable bonds is 4. The summed E-state index contributed by atoms with van der Waals surface area (Å²) in [5.41, 5.74) is 7.86. The molecule has 0 radical (unpaired) electrons. The number of hydrogen-bond acceptors (Lipinski definition) is 5. The lowest BCUT2D eigenvalue weighted by Crippen LogP contribution is -2.01. The van der Waals surface area contributed by atoms with Gasteiger partial charge in [-0.2, -0.15) is 10.3 Å². The molecule has 1 aliphatic heterocycles. The smallest absolute Gasteiger partial charge is 0.286 e. The molecule has 1 aliphatic rings. The number of halogens is 1. The van der Waals surface area contributed by atoms with Gasteiger partial charge in [-0.1, -0.05) is 24.3 Å². The Morgan fingerprint density at radius 3 is 2.80 bits per heavy atom. The predicted octanol–water partition coefficient (Wildman–Crippen LogP) is 3.67. The van der Waals surface area contributed by atoms with Gasteiger partial charge in [-0.15, -0.1) is 0 Å². The zero-order valence-electron chi connectivity index (χ0n) is 12.9. The van der Waals surface area contributed by atoms with E-state index in [1.807, 2.05) is 36.4 Å². The molecule has 124 valence electrons. The lowest BCUT2D eigenvalue weighted by molar-refractivity contribution is -0.113. The van der Waals surface area contributed by atoms with Gasteiger partial charge in [0.2, 0.25) is 0 Å². The minimum absolute atomic E-state index is 0.266. The van der Waals surface area contributed by atoms with E-state index >= 15 is 0 Å². The van der Waals surface area contributed by atoms with Crippen LogP contribution in [0.25, 0.3) is 6.08 Å². The van der Waals surface area contributed by atoms with Crippen LogP contribution < -0.4 is 10.5 Å². The molecule has 0 aromatic heterocycles. The molecule has 0 aliphatic carbocycles. The summed E-state index contributed by atoms with van der Waals surface area (Å²) in [6.45, 7) is 0.318. The molecule has 1 heterocycles. The van der Waals surface area contributed by atoms with E-state index < -0.39 is 0 Å². The molecule has 1 amide bonds. The summed E-state index contributed by atoms with van der Waals surface area (Å²) in [4.78, 5) is 15.8. The first-order chi connectivity index (χ1) is 12.1. The number of carbonyl (C=O) groups excluding carboxylic acids is 1. The molecule has 0 fully saturated rings. The fourth-order valence-corrected chi connectivity index (χ4v) is 3.59. The first kappa shape index (κ1) is 17.5. The van der Waals surface area contributed by atoms with Gasteiger partial charge in [0.05, 0.1) is 20.1 Å². The molecule has 3 rings (SSSR count). The molecular weight excluding hydrogens is 449 g/mol. The van der Waals surface area contributed by atoms with Gasteiger partial charge in [0.25, 0.3) is 5.91 Å². The Morgan fingerprint density at radius 1 is 1.32 bits per heavy atom. The second-order valence-electron chi connectivity index (χ2n) is 5.11. The lowest BCUT2D eigenvalue weighted by atomic mass is 10.1. The van der Waals surface area contributed by atoms with Gasteiger partial charge in [-0.05, 0) is 64.2 Å². The molecule has 25 heavy (non-hydrogen) atoms. The number of amidine groups is 1. The van der Waals surface area contributed by atoms with Crippen LogP contribution in [0.15, 0.2) is 52.4 Å². The fourth-order valence-electron chi connectivity index (χ4n) is 2.21. The van der Waals surface area contributed by atoms with Crippen LogP contribution in [0.1, 0.15) is 16.7 Å². The molecule has 0 saturated carbocycles. The van der Waals surface area contributed by atoms with Crippen molar-refractivity contribution in [1.82, 2.24) is 0 Å². The van der Waals surface area contributed by atoms with Gasteiger partial charge in [0.1, 0.15) is 12.4 Å². The predicted molar refractivity (Wildman–Crippen MR) is 107 cm³/mol. The van der Waals surface area contributed by atoms with Crippen molar-refractivity contribution in [1.29, 1.82) is 5.26 Å². The Kier molecular flexibility index (Phi) is 5.40. The summed E-state index contributed by atoms with van der Waals surface area (Å²) in [6, 6.07) is 15.1. The van der Waals surface area contributed by atoms with E-state index in [0.29, 0.717) is 17.1 Å². The second-order valence-corrected chi connectivity index (χ2v) is 7.34. The van der Waals surface area contributed by atoms with Crippen LogP contribution in [-0.2, 0) is 11.4 Å². The third-order valence-corrected chi connectivity index (χ3v) is 5.07. The van der Waals surface area contributed by atoms with Crippen molar-refractivity contribution >= 4 is 51.5 Å². The number of carbonyl (C=O) groups is 1. The van der Waals surface area contributed by atoms with Crippen molar-refractivity contribution in [2.45, 2.75) is 6.61 Å². The zero-order valence-corrected chi connectivity index (χ0v) is 15.9. The molecule has 2 aromatic rings. The Hall–Kier alpha value is -2.31. The normalized spacial score (nSPS) is 15.1. The number of aliphatic imine (C=N–C) groups is 1. The Bertz CT molecular complexity index is 948. The summed E-state index contributed by atoms with van der Waals surface area (Å²) in [5, 5.41) is 9.39. The van der Waals surface area contributed by atoms with Crippen LogP contribution in [0.5, 0.6) is 5.75 Å². The zero-order chi connectivity index (χ0) is 17.8. The number of nitriles is 1. The Labute approximate surface area is 162 Å². The molecule has 5 nitrogen and oxygen atoms in total. The summed E-state index contributed by atoms with van der Waals surface area (Å²) >= 11 is 3.34. The summed E-state index contributed by atoms with van der Waals surface area (Å²) in [7, 11) is 0. The molecule has 7 heteroatoms. The highest BCUT2D eigenvalue weighted by Crippen LogP contribution is 2.29. The van der Waals surface area contributed by atoms with Gasteiger partial charge in [-0.3, -0.25) is 4.79 Å². The van der Waals surface area contributed by atoms with E-state index in [1.54, 1.807) is 12.1 Å². The first-order valence-electron chi connectivity index (χ1n) is 7.25. The van der Waals surface area contributed by atoms with Gasteiger partial charge >= 0.3 is 0 Å². The lowest BCUT2D eigenvalue weighted by Gasteiger charge is -2.10. The van der Waals surface area contributed by atoms with E-state index in [4.69, 9.17) is 15.7 Å². The summed E-state index contributed by atoms with van der Waals surface area (Å²) in [5.74, 6) is 0.405. The van der Waals surface area contributed by atoms with Crippen molar-refractivity contribution < 1.29 is 9.53 Å². The average Bonchev–Trinajstić information content (AvgIpc) is 2.91. The Balaban J connectivity index is 1.74. The van der Waals surface area contributed by atoms with Crippen LogP contribution in [-0.4, -0.2) is 11.1 Å². The SMILES string of the molecule is N#Cc1ccccc1COc1ccc(C=C2SC(N)=NC2=O)cc1I. The van der Waals surface area contributed by atoms with Crippen LogP contribution >= 0.6 is 34.4 Å². The number of nitrogens with two attached hydrogens (primary N) is 1. The monoisotopic (exact) mass is 461 g/mol. The van der Waals surface area contributed by atoms with Crippen molar-refractivity contribution in [3.05, 3.63) is 67.6 Å². The van der Waals surface area contributed by atoms with Crippen molar-refractivity contribution in [3.63, 3.8) is 0 Å². The van der Waals surface area contributed by atoms with Crippen molar-refractivity contribution in [2.75, 3.05) is 0 Å². The van der Waals surface area contributed by atoms with E-state index in [0.717, 1.165) is 20.4 Å². The third-order valence-electron chi connectivity index (χ3n) is 3.41. The highest BCUT2D eigenvalue weighted by Gasteiger charge is 2.19. The number of hydrogen-bond donors (Lipinski definition) is 1. The minimum Gasteiger partial charge on any atom is -0.488 e. The van der Waals surface area contributed by atoms with E-state index in [9.17, 15) is 4.79 Å². The number of thioether (sulfide) groups is 1. The fraction of sp³-hybridized carbons (Fsp3) is 0.0556. The van der Waals surface area contributed by atoms with Crippen LogP contribution in [0, 0.1) is 14.9 Å². The first-order valence-corrected chi connectivity index (χ1v) is 9.15. The van der Waals surface area contributed by atoms with Gasteiger partial charge < -0.3 is 10.5 Å². The maximum atomic E-state index is 11.7. The molecule has 0 unspecified atom stereocenters. The highest BCUT2D eigenvalue weighted by molar-refractivity contribution is 14.1. The molecular formula is C18H12IN3O2S.